The zero-order valence-corrected chi connectivity index (χ0v) is 9.77. The third-order valence-corrected chi connectivity index (χ3v) is 2.38. The summed E-state index contributed by atoms with van der Waals surface area (Å²) < 4.78 is 5.24. The van der Waals surface area contributed by atoms with Crippen LogP contribution in [0.3, 0.4) is 0 Å². The number of primary amides is 1. The number of nitrogens with zero attached hydrogens (tertiary/aromatic N) is 1. The topological polar surface area (TPSA) is 97.7 Å². The van der Waals surface area contributed by atoms with Gasteiger partial charge in [0.15, 0.2) is 0 Å². The van der Waals surface area contributed by atoms with Crippen LogP contribution in [0.25, 0.3) is 11.0 Å². The van der Waals surface area contributed by atoms with Crippen LogP contribution in [0.4, 0.5) is 4.79 Å². The quantitative estimate of drug-likeness (QED) is 0.635. The van der Waals surface area contributed by atoms with Gasteiger partial charge in [-0.15, -0.1) is 0 Å². The van der Waals surface area contributed by atoms with E-state index < -0.39 is 6.03 Å². The fraction of sp³-hybridized carbons (Fsp3) is 0. The first-order chi connectivity index (χ1) is 8.58. The summed E-state index contributed by atoms with van der Waals surface area (Å²) in [5.74, 6) is 0. The van der Waals surface area contributed by atoms with Crippen LogP contribution in [0.2, 0.25) is 5.02 Å². The molecule has 0 atom stereocenters. The maximum absolute atomic E-state index is 12.0. The van der Waals surface area contributed by atoms with Crippen LogP contribution in [0, 0.1) is 0 Å². The molecule has 0 fully saturated rings. The molecule has 1 heterocycles. The van der Waals surface area contributed by atoms with Gasteiger partial charge in [0.2, 0.25) is 5.43 Å². The van der Waals surface area contributed by atoms with E-state index in [2.05, 4.69) is 5.10 Å². The van der Waals surface area contributed by atoms with Gasteiger partial charge in [0, 0.05) is 11.1 Å². The van der Waals surface area contributed by atoms with E-state index in [1.807, 2.05) is 5.43 Å². The molecule has 2 rings (SSSR count). The molecule has 6 nitrogen and oxygen atoms in total. The number of amides is 2. The molecule has 2 aromatic rings. The zero-order valence-electron chi connectivity index (χ0n) is 9.01. The predicted molar refractivity (Wildman–Crippen MR) is 67.8 cm³/mol. The van der Waals surface area contributed by atoms with Gasteiger partial charge in [0.1, 0.15) is 11.8 Å². The van der Waals surface area contributed by atoms with Gasteiger partial charge in [-0.2, -0.15) is 5.10 Å². The van der Waals surface area contributed by atoms with Gasteiger partial charge in [-0.1, -0.05) is 11.6 Å². The summed E-state index contributed by atoms with van der Waals surface area (Å²) in [4.78, 5) is 22.4. The van der Waals surface area contributed by atoms with Crippen molar-refractivity contribution in [2.75, 3.05) is 0 Å². The molecule has 0 saturated carbocycles. The number of hydrogen-bond donors (Lipinski definition) is 2. The van der Waals surface area contributed by atoms with E-state index in [0.29, 0.717) is 16.0 Å². The molecular weight excluding hydrogens is 258 g/mol. The van der Waals surface area contributed by atoms with Crippen molar-refractivity contribution in [3.8, 4) is 0 Å². The number of hydrazone groups is 1. The molecule has 3 N–H and O–H groups in total. The van der Waals surface area contributed by atoms with E-state index in [1.165, 1.54) is 6.26 Å². The highest BCUT2D eigenvalue weighted by Gasteiger charge is 2.05. The number of hydrogen-bond acceptors (Lipinski definition) is 4. The maximum atomic E-state index is 12.0. The molecule has 0 bridgehead atoms. The lowest BCUT2D eigenvalue weighted by atomic mass is 10.2. The Labute approximate surface area is 106 Å². The molecule has 0 aliphatic rings. The van der Waals surface area contributed by atoms with E-state index in [0.717, 1.165) is 6.21 Å². The molecule has 0 unspecified atom stereocenters. The van der Waals surface area contributed by atoms with Gasteiger partial charge in [0.05, 0.1) is 17.2 Å². The zero-order chi connectivity index (χ0) is 13.1. The Balaban J connectivity index is 2.45. The largest absolute Gasteiger partial charge is 0.463 e. The number of carbonyl (C=O) groups excluding carboxylic acids is 1. The van der Waals surface area contributed by atoms with E-state index >= 15 is 0 Å². The number of nitrogens with two attached hydrogens (primary N) is 1. The smallest absolute Gasteiger partial charge is 0.332 e. The first-order valence-corrected chi connectivity index (χ1v) is 5.25. The molecule has 2 amide bonds. The molecule has 7 heteroatoms. The molecule has 0 spiro atoms. The summed E-state index contributed by atoms with van der Waals surface area (Å²) in [6.45, 7) is 0. The highest BCUT2D eigenvalue weighted by Crippen LogP contribution is 2.16. The lowest BCUT2D eigenvalue weighted by Crippen LogP contribution is -2.24. The summed E-state index contributed by atoms with van der Waals surface area (Å²) in [5, 5.41) is 4.34. The van der Waals surface area contributed by atoms with Crippen LogP contribution in [0.5, 0.6) is 0 Å². The van der Waals surface area contributed by atoms with Crippen LogP contribution in [-0.4, -0.2) is 12.2 Å². The van der Waals surface area contributed by atoms with E-state index in [1.54, 1.807) is 18.2 Å². The summed E-state index contributed by atoms with van der Waals surface area (Å²) in [6.07, 6.45) is 2.39. The molecule has 0 saturated heterocycles. The van der Waals surface area contributed by atoms with Gasteiger partial charge in [-0.05, 0) is 12.1 Å². The van der Waals surface area contributed by atoms with E-state index in [-0.39, 0.29) is 11.0 Å². The normalized spacial score (nSPS) is 10.9. The number of nitrogens with one attached hydrogen (secondary N) is 1. The van der Waals surface area contributed by atoms with Crippen molar-refractivity contribution in [2.45, 2.75) is 0 Å². The van der Waals surface area contributed by atoms with Crippen molar-refractivity contribution in [3.05, 3.63) is 45.3 Å². The van der Waals surface area contributed by atoms with Gasteiger partial charge < -0.3 is 10.2 Å². The first-order valence-electron chi connectivity index (χ1n) is 4.87. The van der Waals surface area contributed by atoms with Crippen molar-refractivity contribution in [2.24, 2.45) is 10.8 Å². The van der Waals surface area contributed by atoms with Crippen LogP contribution < -0.4 is 16.6 Å². The predicted octanol–water partition coefficient (Wildman–Crippen LogP) is 1.45. The number of carbonyl (C=O) groups is 1. The van der Waals surface area contributed by atoms with Crippen LogP contribution in [-0.2, 0) is 0 Å². The second kappa shape index (κ2) is 4.89. The minimum atomic E-state index is -0.816. The number of urea groups is 1. The summed E-state index contributed by atoms with van der Waals surface area (Å²) >= 11 is 5.78. The maximum Gasteiger partial charge on any atom is 0.332 e. The van der Waals surface area contributed by atoms with Gasteiger partial charge in [-0.3, -0.25) is 4.79 Å². The lowest BCUT2D eigenvalue weighted by molar-refractivity contribution is 0.249. The molecule has 0 aliphatic carbocycles. The third kappa shape index (κ3) is 2.49. The average Bonchev–Trinajstić information content (AvgIpc) is 2.31. The SMILES string of the molecule is NC(=O)N/N=C/c1coc2cc(Cl)ccc2c1=O. The van der Waals surface area contributed by atoms with Crippen molar-refractivity contribution >= 4 is 34.8 Å². The van der Waals surface area contributed by atoms with Crippen LogP contribution >= 0.6 is 11.6 Å². The monoisotopic (exact) mass is 265 g/mol. The summed E-state index contributed by atoms with van der Waals surface area (Å²) in [7, 11) is 0. The average molecular weight is 266 g/mol. The van der Waals surface area contributed by atoms with Crippen molar-refractivity contribution in [1.29, 1.82) is 0 Å². The summed E-state index contributed by atoms with van der Waals surface area (Å²) in [5.41, 5.74) is 7.11. The molecule has 0 radical (unpaired) electrons. The number of rotatable bonds is 2. The van der Waals surface area contributed by atoms with Gasteiger partial charge >= 0.3 is 6.03 Å². The number of benzene rings is 1. The highest BCUT2D eigenvalue weighted by atomic mass is 35.5. The van der Waals surface area contributed by atoms with Gasteiger partial charge in [0.25, 0.3) is 0 Å². The first kappa shape index (κ1) is 12.1. The fourth-order valence-electron chi connectivity index (χ4n) is 1.37. The minimum absolute atomic E-state index is 0.193. The minimum Gasteiger partial charge on any atom is -0.463 e. The Kier molecular flexibility index (Phi) is 3.29. The number of fused-ring (bicyclic) bond motifs is 1. The van der Waals surface area contributed by atoms with E-state index in [9.17, 15) is 9.59 Å². The highest BCUT2D eigenvalue weighted by molar-refractivity contribution is 6.31. The lowest BCUT2D eigenvalue weighted by Gasteiger charge is -1.98. The second-order valence-electron chi connectivity index (χ2n) is 3.39. The van der Waals surface area contributed by atoms with E-state index in [4.69, 9.17) is 21.8 Å². The van der Waals surface area contributed by atoms with Crippen LogP contribution in [0.1, 0.15) is 5.56 Å². The van der Waals surface area contributed by atoms with Crippen molar-refractivity contribution in [1.82, 2.24) is 5.43 Å². The second-order valence-corrected chi connectivity index (χ2v) is 3.83. The Bertz CT molecular complexity index is 693. The Morgan fingerprint density at radius 1 is 1.50 bits per heavy atom. The summed E-state index contributed by atoms with van der Waals surface area (Å²) in [6, 6.07) is 3.87. The fourth-order valence-corrected chi connectivity index (χ4v) is 1.53. The molecular formula is C11H8ClN3O3. The van der Waals surface area contributed by atoms with Crippen molar-refractivity contribution in [3.63, 3.8) is 0 Å². The Morgan fingerprint density at radius 2 is 2.28 bits per heavy atom. The molecule has 18 heavy (non-hydrogen) atoms. The Morgan fingerprint density at radius 3 is 3.00 bits per heavy atom. The Hall–Kier alpha value is -2.34. The standard InChI is InChI=1S/C11H8ClN3O3/c12-7-1-2-8-9(3-7)18-5-6(10(8)16)4-14-15-11(13)17/h1-5H,(H3,13,15,17)/b14-4+. The molecule has 0 aliphatic heterocycles. The van der Waals surface area contributed by atoms with Crippen LogP contribution in [0.15, 0.2) is 38.8 Å². The molecule has 1 aromatic carbocycles. The molecule has 1 aromatic heterocycles. The van der Waals surface area contributed by atoms with Gasteiger partial charge in [-0.25, -0.2) is 10.2 Å². The third-order valence-electron chi connectivity index (χ3n) is 2.14. The van der Waals surface area contributed by atoms with Crippen molar-refractivity contribution < 1.29 is 9.21 Å². The molecule has 92 valence electrons. The number of halogens is 1.